The summed E-state index contributed by atoms with van der Waals surface area (Å²) in [5, 5.41) is 8.71. The molecule has 0 aliphatic rings. The number of hydrogen-bond acceptors (Lipinski definition) is 3. The molecule has 0 heterocycles. The van der Waals surface area contributed by atoms with E-state index >= 15 is 0 Å². The topological polar surface area (TPSA) is 50.1 Å². The number of benzene rings is 2. The van der Waals surface area contributed by atoms with Crippen molar-refractivity contribution in [3.63, 3.8) is 0 Å². The maximum Gasteiger partial charge on any atom is 0.119 e. The fourth-order valence-corrected chi connectivity index (χ4v) is 3.19. The predicted molar refractivity (Wildman–Crippen MR) is 83.7 cm³/mol. The van der Waals surface area contributed by atoms with Gasteiger partial charge in [-0.2, -0.15) is 5.26 Å². The van der Waals surface area contributed by atoms with Gasteiger partial charge >= 0.3 is 0 Å². The van der Waals surface area contributed by atoms with Gasteiger partial charge in [0.25, 0.3) is 0 Å². The molecule has 4 heteroatoms. The second-order valence-electron chi connectivity index (χ2n) is 4.65. The van der Waals surface area contributed by atoms with Crippen LogP contribution in [0.3, 0.4) is 0 Å². The van der Waals surface area contributed by atoms with Crippen molar-refractivity contribution in [3.8, 4) is 11.8 Å². The zero-order chi connectivity index (χ0) is 15.1. The molecule has 2 aromatic rings. The first-order chi connectivity index (χ1) is 10.2. The van der Waals surface area contributed by atoms with E-state index in [4.69, 9.17) is 10.00 Å². The summed E-state index contributed by atoms with van der Waals surface area (Å²) in [7, 11) is -0.981. The van der Waals surface area contributed by atoms with Gasteiger partial charge in [0.15, 0.2) is 0 Å². The zero-order valence-electron chi connectivity index (χ0n) is 11.9. The molecule has 0 aliphatic carbocycles. The molecule has 0 aliphatic heterocycles. The number of rotatable bonds is 6. The van der Waals surface area contributed by atoms with Gasteiger partial charge in [-0.05, 0) is 49.2 Å². The van der Waals surface area contributed by atoms with E-state index in [9.17, 15) is 4.21 Å². The molecule has 2 rings (SSSR count). The molecule has 2 aromatic carbocycles. The standard InChI is InChI=1S/C17H17NO2S/c1-14-5-2-3-6-17(14)21(19)12-4-11-20-16-9-7-15(13-18)8-10-16/h2-3,5-10H,4,11-12H2,1H3. The molecule has 1 atom stereocenters. The van der Waals surface area contributed by atoms with E-state index < -0.39 is 10.8 Å². The maximum absolute atomic E-state index is 12.2. The van der Waals surface area contributed by atoms with Crippen LogP contribution in [0, 0.1) is 18.3 Å². The third-order valence-corrected chi connectivity index (χ3v) is 4.67. The summed E-state index contributed by atoms with van der Waals surface area (Å²) >= 11 is 0. The van der Waals surface area contributed by atoms with Crippen LogP contribution in [-0.2, 0) is 10.8 Å². The lowest BCUT2D eigenvalue weighted by Gasteiger charge is -2.07. The van der Waals surface area contributed by atoms with E-state index in [0.29, 0.717) is 17.9 Å². The molecule has 0 saturated carbocycles. The molecule has 21 heavy (non-hydrogen) atoms. The highest BCUT2D eigenvalue weighted by atomic mass is 32.2. The van der Waals surface area contributed by atoms with Crippen LogP contribution in [0.2, 0.25) is 0 Å². The highest BCUT2D eigenvalue weighted by molar-refractivity contribution is 7.85. The Hall–Kier alpha value is -2.12. The van der Waals surface area contributed by atoms with E-state index in [1.807, 2.05) is 31.2 Å². The summed E-state index contributed by atoms with van der Waals surface area (Å²) in [6.45, 7) is 2.49. The third-order valence-electron chi connectivity index (χ3n) is 3.07. The summed E-state index contributed by atoms with van der Waals surface area (Å²) in [6.07, 6.45) is 0.723. The highest BCUT2D eigenvalue weighted by Crippen LogP contribution is 2.14. The number of nitrogens with zero attached hydrogens (tertiary/aromatic N) is 1. The van der Waals surface area contributed by atoms with Gasteiger partial charge in [-0.1, -0.05) is 18.2 Å². The average molecular weight is 299 g/mol. The minimum absolute atomic E-state index is 0.517. The Bertz CT molecular complexity index is 659. The molecule has 0 fully saturated rings. The highest BCUT2D eigenvalue weighted by Gasteiger charge is 2.06. The Balaban J connectivity index is 1.78. The van der Waals surface area contributed by atoms with Gasteiger partial charge in [-0.15, -0.1) is 0 Å². The average Bonchev–Trinajstić information content (AvgIpc) is 2.52. The van der Waals surface area contributed by atoms with E-state index in [1.54, 1.807) is 24.3 Å². The van der Waals surface area contributed by atoms with Crippen LogP contribution in [0.25, 0.3) is 0 Å². The van der Waals surface area contributed by atoms with Crippen LogP contribution in [0.1, 0.15) is 17.5 Å². The summed E-state index contributed by atoms with van der Waals surface area (Å²) < 4.78 is 17.8. The fraction of sp³-hybridized carbons (Fsp3) is 0.235. The first kappa shape index (κ1) is 15.3. The van der Waals surface area contributed by atoms with Gasteiger partial charge in [-0.3, -0.25) is 4.21 Å². The smallest absolute Gasteiger partial charge is 0.119 e. The van der Waals surface area contributed by atoms with Crippen LogP contribution in [-0.4, -0.2) is 16.6 Å². The van der Waals surface area contributed by atoms with Crippen LogP contribution in [0.5, 0.6) is 5.75 Å². The normalized spacial score (nSPS) is 11.6. The SMILES string of the molecule is Cc1ccccc1S(=O)CCCOc1ccc(C#N)cc1. The van der Waals surface area contributed by atoms with Crippen molar-refractivity contribution in [1.29, 1.82) is 5.26 Å². The predicted octanol–water partition coefficient (Wildman–Crippen LogP) is 3.44. The zero-order valence-corrected chi connectivity index (χ0v) is 12.7. The van der Waals surface area contributed by atoms with Crippen LogP contribution in [0.4, 0.5) is 0 Å². The van der Waals surface area contributed by atoms with Crippen LogP contribution in [0.15, 0.2) is 53.4 Å². The quantitative estimate of drug-likeness (QED) is 0.768. The first-order valence-electron chi connectivity index (χ1n) is 6.77. The summed E-state index contributed by atoms with van der Waals surface area (Å²) in [5.41, 5.74) is 1.67. The molecular weight excluding hydrogens is 282 g/mol. The molecule has 0 bridgehead atoms. The maximum atomic E-state index is 12.2. The molecular formula is C17H17NO2S. The van der Waals surface area contributed by atoms with Gasteiger partial charge in [0.05, 0.1) is 29.0 Å². The lowest BCUT2D eigenvalue weighted by molar-refractivity contribution is 0.318. The van der Waals surface area contributed by atoms with Gasteiger partial charge < -0.3 is 4.74 Å². The van der Waals surface area contributed by atoms with Crippen molar-refractivity contribution in [3.05, 3.63) is 59.7 Å². The van der Waals surface area contributed by atoms with Crippen molar-refractivity contribution < 1.29 is 8.95 Å². The Morgan fingerprint density at radius 3 is 2.52 bits per heavy atom. The molecule has 0 aromatic heterocycles. The summed E-state index contributed by atoms with van der Waals surface area (Å²) in [5.74, 6) is 1.32. The lowest BCUT2D eigenvalue weighted by atomic mass is 10.2. The van der Waals surface area contributed by atoms with Gasteiger partial charge in [0, 0.05) is 10.6 Å². The van der Waals surface area contributed by atoms with E-state index in [2.05, 4.69) is 6.07 Å². The van der Waals surface area contributed by atoms with Gasteiger partial charge in [0.1, 0.15) is 5.75 Å². The second-order valence-corrected chi connectivity index (χ2v) is 6.19. The van der Waals surface area contributed by atoms with Gasteiger partial charge in [0.2, 0.25) is 0 Å². The molecule has 0 amide bonds. The van der Waals surface area contributed by atoms with Crippen molar-refractivity contribution in [1.82, 2.24) is 0 Å². The third kappa shape index (κ3) is 4.44. The van der Waals surface area contributed by atoms with Gasteiger partial charge in [-0.25, -0.2) is 0 Å². The van der Waals surface area contributed by atoms with E-state index in [1.165, 1.54) is 0 Å². The Morgan fingerprint density at radius 2 is 1.86 bits per heavy atom. The van der Waals surface area contributed by atoms with Crippen LogP contribution < -0.4 is 4.74 Å². The van der Waals surface area contributed by atoms with E-state index in [-0.39, 0.29) is 0 Å². The molecule has 0 radical (unpaired) electrons. The van der Waals surface area contributed by atoms with Crippen molar-refractivity contribution >= 4 is 10.8 Å². The van der Waals surface area contributed by atoms with Crippen molar-refractivity contribution in [2.75, 3.05) is 12.4 Å². The molecule has 3 nitrogen and oxygen atoms in total. The molecule has 0 spiro atoms. The molecule has 0 N–H and O–H groups in total. The minimum Gasteiger partial charge on any atom is -0.494 e. The molecule has 0 saturated heterocycles. The monoisotopic (exact) mass is 299 g/mol. The number of aryl methyl sites for hydroxylation is 1. The number of ether oxygens (including phenoxy) is 1. The minimum atomic E-state index is -0.981. The van der Waals surface area contributed by atoms with Crippen molar-refractivity contribution in [2.24, 2.45) is 0 Å². The van der Waals surface area contributed by atoms with Crippen LogP contribution >= 0.6 is 0 Å². The first-order valence-corrected chi connectivity index (χ1v) is 8.09. The second kappa shape index (κ2) is 7.61. The lowest BCUT2D eigenvalue weighted by Crippen LogP contribution is -2.05. The Labute approximate surface area is 127 Å². The largest absolute Gasteiger partial charge is 0.494 e. The molecule has 1 unspecified atom stereocenters. The number of hydrogen-bond donors (Lipinski definition) is 0. The number of nitriles is 1. The summed E-state index contributed by atoms with van der Waals surface area (Å²) in [6, 6.07) is 16.8. The Kier molecular flexibility index (Phi) is 5.53. The molecule has 108 valence electrons. The Morgan fingerprint density at radius 1 is 1.14 bits per heavy atom. The summed E-state index contributed by atoms with van der Waals surface area (Å²) in [4.78, 5) is 0.899. The van der Waals surface area contributed by atoms with Crippen molar-refractivity contribution in [2.45, 2.75) is 18.2 Å². The van der Waals surface area contributed by atoms with E-state index in [0.717, 1.165) is 22.6 Å². The fourth-order valence-electron chi connectivity index (χ4n) is 1.93.